The smallest absolute Gasteiger partial charge is 0.255 e. The van der Waals surface area contributed by atoms with Gasteiger partial charge in [0.25, 0.3) is 5.91 Å². The summed E-state index contributed by atoms with van der Waals surface area (Å²) in [5.74, 6) is -6.51. The van der Waals surface area contributed by atoms with Gasteiger partial charge in [-0.3, -0.25) is 19.3 Å². The lowest BCUT2D eigenvalue weighted by Crippen LogP contribution is -2.65. The summed E-state index contributed by atoms with van der Waals surface area (Å²) in [6, 6.07) is 10.5. The Hall–Kier alpha value is -4.15. The number of fused-ring (bicyclic) bond motifs is 3. The molecule has 216 valence electrons. The predicted octanol–water partition coefficient (Wildman–Crippen LogP) is 1.82. The Bertz CT molecular complexity index is 1530. The molecule has 2 aromatic rings. The molecule has 3 aliphatic carbocycles. The topological polar surface area (TPSA) is 165 Å². The molecule has 0 saturated heterocycles. The van der Waals surface area contributed by atoms with Gasteiger partial charge in [-0.25, -0.2) is 0 Å². The normalized spacial score (nSPS) is 25.7. The molecular weight excluding hydrogens is 526 g/mol. The van der Waals surface area contributed by atoms with E-state index in [1.807, 2.05) is 55.4 Å². The number of phenolic OH excluding ortho intramolecular Hbond substituents is 1. The SMILES string of the molecule is CN(C)c1cc(CCc2ccccc2)c(O)c2c1C[C@H]1C[C@H]3C(N(C)C)C(=O)C(C(N)=O)=C(O)C3(O)C(=O)C1=C2O. The van der Waals surface area contributed by atoms with E-state index in [1.54, 1.807) is 14.1 Å². The number of nitrogens with zero attached hydrogens (tertiary/aromatic N) is 2. The highest BCUT2D eigenvalue weighted by molar-refractivity contribution is 6.24. The van der Waals surface area contributed by atoms with Crippen molar-refractivity contribution in [2.45, 2.75) is 37.3 Å². The van der Waals surface area contributed by atoms with Crippen LogP contribution < -0.4 is 10.6 Å². The van der Waals surface area contributed by atoms with Crippen LogP contribution in [-0.4, -0.2) is 82.6 Å². The fourth-order valence-corrected chi connectivity index (χ4v) is 6.86. The number of hydrogen-bond donors (Lipinski definition) is 5. The van der Waals surface area contributed by atoms with Gasteiger partial charge in [0.05, 0.1) is 11.6 Å². The van der Waals surface area contributed by atoms with E-state index in [0.29, 0.717) is 24.0 Å². The number of phenols is 1. The van der Waals surface area contributed by atoms with E-state index < -0.39 is 58.0 Å². The fraction of sp³-hybridized carbons (Fsp3) is 0.387. The summed E-state index contributed by atoms with van der Waals surface area (Å²) in [5, 5.41) is 45.9. The molecule has 1 saturated carbocycles. The number of aliphatic hydroxyl groups excluding tert-OH is 2. The molecule has 0 bridgehead atoms. The Kier molecular flexibility index (Phi) is 6.95. The maximum absolute atomic E-state index is 14.1. The maximum atomic E-state index is 14.1. The summed E-state index contributed by atoms with van der Waals surface area (Å²) in [7, 11) is 6.86. The molecule has 5 rings (SSSR count). The van der Waals surface area contributed by atoms with Crippen molar-refractivity contribution >= 4 is 28.9 Å². The van der Waals surface area contributed by atoms with Gasteiger partial charge in [-0.1, -0.05) is 30.3 Å². The summed E-state index contributed by atoms with van der Waals surface area (Å²) in [6.45, 7) is 0. The first kappa shape index (κ1) is 28.4. The number of Topliss-reactive ketones (excluding diaryl/α,β-unsaturated/α-hetero) is 2. The van der Waals surface area contributed by atoms with Gasteiger partial charge in [-0.2, -0.15) is 0 Å². The lowest BCUT2D eigenvalue weighted by molar-refractivity contribution is -0.153. The molecule has 1 amide bonds. The Morgan fingerprint density at radius 3 is 2.29 bits per heavy atom. The molecule has 3 aliphatic rings. The maximum Gasteiger partial charge on any atom is 0.255 e. The third kappa shape index (κ3) is 4.20. The number of carbonyl (C=O) groups is 3. The zero-order valence-electron chi connectivity index (χ0n) is 23.5. The van der Waals surface area contributed by atoms with Crippen molar-refractivity contribution in [2.75, 3.05) is 33.1 Å². The van der Waals surface area contributed by atoms with E-state index in [1.165, 1.54) is 4.90 Å². The lowest BCUT2D eigenvalue weighted by Gasteiger charge is -2.50. The molecule has 10 heteroatoms. The molecule has 2 unspecified atom stereocenters. The van der Waals surface area contributed by atoms with Crippen LogP contribution in [0.25, 0.3) is 5.76 Å². The van der Waals surface area contributed by atoms with Crippen LogP contribution >= 0.6 is 0 Å². The number of aliphatic hydroxyl groups is 3. The summed E-state index contributed by atoms with van der Waals surface area (Å²) in [4.78, 5) is 42.9. The summed E-state index contributed by atoms with van der Waals surface area (Å²) >= 11 is 0. The van der Waals surface area contributed by atoms with E-state index in [2.05, 4.69) is 0 Å². The quantitative estimate of drug-likeness (QED) is 0.331. The second-order valence-electron chi connectivity index (χ2n) is 11.6. The van der Waals surface area contributed by atoms with Gasteiger partial charge in [0, 0.05) is 31.3 Å². The first-order chi connectivity index (χ1) is 19.3. The van der Waals surface area contributed by atoms with Gasteiger partial charge in [-0.05, 0) is 68.5 Å². The van der Waals surface area contributed by atoms with E-state index in [-0.39, 0.29) is 29.7 Å². The number of primary amides is 1. The number of hydrogen-bond acceptors (Lipinski definition) is 9. The lowest BCUT2D eigenvalue weighted by atomic mass is 9.57. The molecule has 1 fully saturated rings. The second-order valence-corrected chi connectivity index (χ2v) is 11.6. The molecule has 2 aromatic carbocycles. The van der Waals surface area contributed by atoms with Crippen LogP contribution in [-0.2, 0) is 33.6 Å². The zero-order chi connectivity index (χ0) is 30.0. The summed E-state index contributed by atoms with van der Waals surface area (Å²) in [6.07, 6.45) is 1.40. The predicted molar refractivity (Wildman–Crippen MR) is 152 cm³/mol. The average molecular weight is 562 g/mol. The minimum absolute atomic E-state index is 0.0507. The van der Waals surface area contributed by atoms with Crippen LogP contribution in [0.5, 0.6) is 5.75 Å². The Labute approximate surface area is 238 Å². The van der Waals surface area contributed by atoms with Gasteiger partial charge in [0.2, 0.25) is 5.78 Å². The Balaban J connectivity index is 1.68. The number of likely N-dealkylation sites (N-methyl/N-ethyl adjacent to an activating group) is 1. The van der Waals surface area contributed by atoms with E-state index in [9.17, 15) is 34.8 Å². The summed E-state index contributed by atoms with van der Waals surface area (Å²) < 4.78 is 0. The van der Waals surface area contributed by atoms with E-state index in [4.69, 9.17) is 5.73 Å². The molecule has 6 N–H and O–H groups in total. The monoisotopic (exact) mass is 561 g/mol. The van der Waals surface area contributed by atoms with Gasteiger partial charge in [0.1, 0.15) is 22.8 Å². The number of carbonyl (C=O) groups excluding carboxylic acids is 3. The summed E-state index contributed by atoms with van der Waals surface area (Å²) in [5.41, 5.74) is 4.92. The van der Waals surface area contributed by atoms with E-state index in [0.717, 1.165) is 11.3 Å². The fourth-order valence-electron chi connectivity index (χ4n) is 6.86. The molecule has 0 aliphatic heterocycles. The number of aryl methyl sites for hydroxylation is 2. The van der Waals surface area contributed by atoms with Gasteiger partial charge < -0.3 is 31.1 Å². The number of ketones is 2. The van der Waals surface area contributed by atoms with Crippen LogP contribution in [0.3, 0.4) is 0 Å². The molecule has 0 aromatic heterocycles. The van der Waals surface area contributed by atoms with Crippen molar-refractivity contribution in [3.8, 4) is 5.75 Å². The molecular formula is C31H35N3O7. The van der Waals surface area contributed by atoms with Gasteiger partial charge >= 0.3 is 0 Å². The number of rotatable bonds is 6. The largest absolute Gasteiger partial charge is 0.508 e. The van der Waals surface area contributed by atoms with Crippen molar-refractivity contribution in [3.63, 3.8) is 0 Å². The highest BCUT2D eigenvalue weighted by atomic mass is 16.3. The number of nitrogens with two attached hydrogens (primary N) is 1. The molecule has 10 nitrogen and oxygen atoms in total. The van der Waals surface area contributed by atoms with E-state index >= 15 is 0 Å². The van der Waals surface area contributed by atoms with Crippen molar-refractivity contribution in [3.05, 3.63) is 75.6 Å². The number of benzene rings is 2. The highest BCUT2D eigenvalue weighted by Gasteiger charge is 2.64. The van der Waals surface area contributed by atoms with Crippen LogP contribution in [0.4, 0.5) is 5.69 Å². The Morgan fingerprint density at radius 1 is 1.05 bits per heavy atom. The average Bonchev–Trinajstić information content (AvgIpc) is 2.90. The van der Waals surface area contributed by atoms with Crippen molar-refractivity contribution < 1.29 is 34.8 Å². The molecule has 0 heterocycles. The number of anilines is 1. The molecule has 4 atom stereocenters. The second kappa shape index (κ2) is 10.0. The molecule has 0 radical (unpaired) electrons. The van der Waals surface area contributed by atoms with Gasteiger partial charge in [-0.15, -0.1) is 0 Å². The number of aromatic hydroxyl groups is 1. The van der Waals surface area contributed by atoms with Crippen LogP contribution in [0.1, 0.15) is 28.7 Å². The molecule has 0 spiro atoms. The van der Waals surface area contributed by atoms with Gasteiger partial charge in [0.15, 0.2) is 11.4 Å². The van der Waals surface area contributed by atoms with Crippen molar-refractivity contribution in [1.82, 2.24) is 4.90 Å². The Morgan fingerprint density at radius 2 is 1.71 bits per heavy atom. The van der Waals surface area contributed by atoms with Crippen molar-refractivity contribution in [1.29, 1.82) is 0 Å². The zero-order valence-corrected chi connectivity index (χ0v) is 23.5. The van der Waals surface area contributed by atoms with Crippen LogP contribution in [0.15, 0.2) is 53.3 Å². The standard InChI is InChI=1S/C31H35N3O7/c1-33(2)20-14-16(11-10-15-8-6-5-7-9-15)25(35)22-18(20)12-17-13-19-24(34(3)4)27(37)23(30(32)40)29(39)31(19,41)28(38)21(17)26(22)36/h5-9,14,17,19,24,35-36,39,41H,10-13H2,1-4H3,(H2,32,40)/t17-,19-,24?,31?/m0/s1. The first-order valence-corrected chi connectivity index (χ1v) is 13.5. The molecule has 41 heavy (non-hydrogen) atoms. The van der Waals surface area contributed by atoms with Crippen molar-refractivity contribution in [2.24, 2.45) is 17.6 Å². The first-order valence-electron chi connectivity index (χ1n) is 13.5. The minimum Gasteiger partial charge on any atom is -0.508 e. The third-order valence-corrected chi connectivity index (χ3v) is 8.78. The third-order valence-electron chi connectivity index (χ3n) is 8.78. The highest BCUT2D eigenvalue weighted by Crippen LogP contribution is 2.54. The van der Waals surface area contributed by atoms with Crippen LogP contribution in [0.2, 0.25) is 0 Å². The number of amides is 1. The van der Waals surface area contributed by atoms with Crippen LogP contribution in [0, 0.1) is 11.8 Å². The minimum atomic E-state index is -2.66.